The molecule has 2 aromatic heterocycles. The fourth-order valence-corrected chi connectivity index (χ4v) is 1.89. The highest BCUT2D eigenvalue weighted by Crippen LogP contribution is 2.25. The molecule has 0 unspecified atom stereocenters. The number of phenolic OH excluding ortho intramolecular Hbond substituents is 1. The van der Waals surface area contributed by atoms with Crippen molar-refractivity contribution in [3.63, 3.8) is 0 Å². The Morgan fingerprint density at radius 1 is 1.21 bits per heavy atom. The Morgan fingerprint density at radius 2 is 1.95 bits per heavy atom. The molecule has 0 spiro atoms. The van der Waals surface area contributed by atoms with Crippen LogP contribution in [0.4, 0.5) is 0 Å². The summed E-state index contributed by atoms with van der Waals surface area (Å²) in [5.41, 5.74) is 1.79. The first kappa shape index (κ1) is 11.2. The number of aromatic hydroxyl groups is 1. The van der Waals surface area contributed by atoms with Gasteiger partial charge in [-0.15, -0.1) is 0 Å². The van der Waals surface area contributed by atoms with Gasteiger partial charge in [0.15, 0.2) is 5.65 Å². The quantitative estimate of drug-likeness (QED) is 0.650. The summed E-state index contributed by atoms with van der Waals surface area (Å²) in [4.78, 5) is 15.6. The average Bonchev–Trinajstić information content (AvgIpc) is 2.86. The van der Waals surface area contributed by atoms with Gasteiger partial charge < -0.3 is 10.2 Å². The van der Waals surface area contributed by atoms with Crippen LogP contribution in [0.5, 0.6) is 5.75 Å². The van der Waals surface area contributed by atoms with Crippen molar-refractivity contribution in [3.05, 3.63) is 42.1 Å². The Kier molecular flexibility index (Phi) is 2.42. The van der Waals surface area contributed by atoms with Crippen LogP contribution >= 0.6 is 0 Å². The molecule has 0 aliphatic carbocycles. The molecular formula is C13H9N3O3. The molecule has 0 amide bonds. The third kappa shape index (κ3) is 1.89. The summed E-state index contributed by atoms with van der Waals surface area (Å²) >= 11 is 0. The van der Waals surface area contributed by atoms with Gasteiger partial charge in [0.2, 0.25) is 0 Å². The molecule has 0 saturated carbocycles. The summed E-state index contributed by atoms with van der Waals surface area (Å²) < 4.78 is 0. The number of nitrogens with one attached hydrogen (secondary N) is 1. The van der Waals surface area contributed by atoms with Gasteiger partial charge in [-0.2, -0.15) is 5.10 Å². The van der Waals surface area contributed by atoms with E-state index in [9.17, 15) is 15.0 Å². The first-order valence-electron chi connectivity index (χ1n) is 5.52. The number of pyridine rings is 1. The van der Waals surface area contributed by atoms with E-state index in [1.165, 1.54) is 24.4 Å². The van der Waals surface area contributed by atoms with Crippen molar-refractivity contribution in [2.45, 2.75) is 0 Å². The van der Waals surface area contributed by atoms with Gasteiger partial charge in [-0.25, -0.2) is 9.78 Å². The van der Waals surface area contributed by atoms with E-state index in [1.807, 2.05) is 0 Å². The topological polar surface area (TPSA) is 99.1 Å². The minimum absolute atomic E-state index is 0.141. The normalized spacial score (nSPS) is 10.7. The number of carboxylic acids is 1. The van der Waals surface area contributed by atoms with Crippen LogP contribution in [-0.4, -0.2) is 31.4 Å². The van der Waals surface area contributed by atoms with E-state index >= 15 is 0 Å². The fraction of sp³-hybridized carbons (Fsp3) is 0. The summed E-state index contributed by atoms with van der Waals surface area (Å²) in [6.45, 7) is 0. The first-order chi connectivity index (χ1) is 9.15. The summed E-state index contributed by atoms with van der Waals surface area (Å²) in [7, 11) is 0. The Bertz CT molecular complexity index is 762. The number of phenols is 1. The molecule has 3 rings (SSSR count). The molecule has 0 atom stereocenters. The zero-order valence-electron chi connectivity index (χ0n) is 9.66. The molecule has 3 N–H and O–H groups in total. The lowest BCUT2D eigenvalue weighted by Gasteiger charge is -2.04. The zero-order valence-corrected chi connectivity index (χ0v) is 9.66. The van der Waals surface area contributed by atoms with Crippen molar-refractivity contribution in [1.29, 1.82) is 0 Å². The number of hydrogen-bond acceptors (Lipinski definition) is 4. The Hall–Kier alpha value is -2.89. The molecule has 0 aliphatic heterocycles. The molecule has 0 radical (unpaired) electrons. The second-order valence-electron chi connectivity index (χ2n) is 4.04. The van der Waals surface area contributed by atoms with Crippen LogP contribution in [0.3, 0.4) is 0 Å². The van der Waals surface area contributed by atoms with Crippen molar-refractivity contribution in [3.8, 4) is 17.0 Å². The molecule has 19 heavy (non-hydrogen) atoms. The van der Waals surface area contributed by atoms with Crippen LogP contribution in [0.15, 0.2) is 36.5 Å². The van der Waals surface area contributed by atoms with Crippen molar-refractivity contribution in [2.24, 2.45) is 0 Å². The van der Waals surface area contributed by atoms with E-state index < -0.39 is 5.97 Å². The van der Waals surface area contributed by atoms with E-state index in [-0.39, 0.29) is 11.3 Å². The van der Waals surface area contributed by atoms with E-state index in [1.54, 1.807) is 12.1 Å². The molecule has 2 heterocycles. The predicted octanol–water partition coefficient (Wildman–Crippen LogP) is 2.03. The number of aromatic amines is 1. The van der Waals surface area contributed by atoms with Crippen molar-refractivity contribution in [1.82, 2.24) is 15.2 Å². The van der Waals surface area contributed by atoms with Gasteiger partial charge in [0.05, 0.1) is 22.8 Å². The lowest BCUT2D eigenvalue weighted by molar-refractivity contribution is 0.0699. The highest BCUT2D eigenvalue weighted by molar-refractivity contribution is 6.02. The molecule has 6 heteroatoms. The number of nitrogens with zero attached hydrogens (tertiary/aromatic N) is 2. The van der Waals surface area contributed by atoms with Gasteiger partial charge >= 0.3 is 5.97 Å². The van der Waals surface area contributed by atoms with E-state index in [4.69, 9.17) is 0 Å². The molecule has 0 aliphatic rings. The number of H-pyrrole nitrogens is 1. The van der Waals surface area contributed by atoms with Crippen LogP contribution in [-0.2, 0) is 0 Å². The van der Waals surface area contributed by atoms with Crippen LogP contribution in [0, 0.1) is 0 Å². The van der Waals surface area contributed by atoms with Crippen molar-refractivity contribution < 1.29 is 15.0 Å². The number of carbonyl (C=O) groups is 1. The second-order valence-corrected chi connectivity index (χ2v) is 4.04. The van der Waals surface area contributed by atoms with E-state index in [2.05, 4.69) is 15.2 Å². The molecule has 3 aromatic rings. The van der Waals surface area contributed by atoms with E-state index in [0.29, 0.717) is 16.7 Å². The smallest absolute Gasteiger partial charge is 0.336 e. The first-order valence-corrected chi connectivity index (χ1v) is 5.52. The van der Waals surface area contributed by atoms with Crippen LogP contribution in [0.1, 0.15) is 10.4 Å². The van der Waals surface area contributed by atoms with Gasteiger partial charge in [-0.3, -0.25) is 5.10 Å². The standard InChI is InChI=1S/C13H9N3O3/c17-8-3-1-7(2-4-8)11-5-9(13(18)19)10-6-14-16-12(10)15-11/h1-6,17H,(H,18,19)(H,14,15,16). The third-order valence-electron chi connectivity index (χ3n) is 2.82. The molecule has 0 fully saturated rings. The number of carboxylic acid groups (broad SMARTS) is 1. The summed E-state index contributed by atoms with van der Waals surface area (Å²) in [5.74, 6) is -0.890. The van der Waals surface area contributed by atoms with E-state index in [0.717, 1.165) is 5.56 Å². The monoisotopic (exact) mass is 255 g/mol. The number of rotatable bonds is 2. The maximum absolute atomic E-state index is 11.2. The molecule has 0 saturated heterocycles. The van der Waals surface area contributed by atoms with Crippen LogP contribution in [0.2, 0.25) is 0 Å². The number of aromatic nitrogens is 3. The zero-order chi connectivity index (χ0) is 13.4. The SMILES string of the molecule is O=C(O)c1cc(-c2ccc(O)cc2)nc2[nH]ncc12. The van der Waals surface area contributed by atoms with Gasteiger partial charge in [-0.1, -0.05) is 0 Å². The number of aromatic carboxylic acids is 1. The molecule has 1 aromatic carbocycles. The predicted molar refractivity (Wildman–Crippen MR) is 67.9 cm³/mol. The van der Waals surface area contributed by atoms with Gasteiger partial charge in [-0.05, 0) is 30.3 Å². The minimum Gasteiger partial charge on any atom is -0.508 e. The Balaban J connectivity index is 2.24. The highest BCUT2D eigenvalue weighted by Gasteiger charge is 2.14. The highest BCUT2D eigenvalue weighted by atomic mass is 16.4. The Labute approximate surface area is 107 Å². The van der Waals surface area contributed by atoms with Crippen molar-refractivity contribution >= 4 is 17.0 Å². The largest absolute Gasteiger partial charge is 0.508 e. The number of benzene rings is 1. The summed E-state index contributed by atoms with van der Waals surface area (Å²) in [6.07, 6.45) is 1.44. The Morgan fingerprint density at radius 3 is 2.63 bits per heavy atom. The number of fused-ring (bicyclic) bond motifs is 1. The van der Waals surface area contributed by atoms with Crippen LogP contribution in [0.25, 0.3) is 22.3 Å². The second kappa shape index (κ2) is 4.09. The van der Waals surface area contributed by atoms with Gasteiger partial charge in [0, 0.05) is 5.56 Å². The molecule has 94 valence electrons. The van der Waals surface area contributed by atoms with Gasteiger partial charge in [0.1, 0.15) is 5.75 Å². The van der Waals surface area contributed by atoms with Crippen molar-refractivity contribution in [2.75, 3.05) is 0 Å². The van der Waals surface area contributed by atoms with Gasteiger partial charge in [0.25, 0.3) is 0 Å². The fourth-order valence-electron chi connectivity index (χ4n) is 1.89. The average molecular weight is 255 g/mol. The summed E-state index contributed by atoms with van der Waals surface area (Å²) in [5, 5.41) is 25.4. The summed E-state index contributed by atoms with van der Waals surface area (Å²) in [6, 6.07) is 7.88. The maximum Gasteiger partial charge on any atom is 0.336 e. The number of hydrogen-bond donors (Lipinski definition) is 3. The molecule has 0 bridgehead atoms. The maximum atomic E-state index is 11.2. The molecule has 6 nitrogen and oxygen atoms in total. The lowest BCUT2D eigenvalue weighted by Crippen LogP contribution is -1.99. The molecular weight excluding hydrogens is 246 g/mol. The van der Waals surface area contributed by atoms with Crippen LogP contribution < -0.4 is 0 Å². The minimum atomic E-state index is -1.03. The lowest BCUT2D eigenvalue weighted by atomic mass is 10.1. The third-order valence-corrected chi connectivity index (χ3v) is 2.82.